The molecule has 0 bridgehead atoms. The highest BCUT2D eigenvalue weighted by molar-refractivity contribution is 5.83. The van der Waals surface area contributed by atoms with E-state index in [1.807, 2.05) is 0 Å². The third kappa shape index (κ3) is 30.1. The highest BCUT2D eigenvalue weighted by Crippen LogP contribution is 2.09. The van der Waals surface area contributed by atoms with Crippen LogP contribution in [0.5, 0.6) is 0 Å². The van der Waals surface area contributed by atoms with Gasteiger partial charge >= 0.3 is 0 Å². The van der Waals surface area contributed by atoms with Gasteiger partial charge in [0.2, 0.25) is 29.5 Å². The predicted molar refractivity (Wildman–Crippen MR) is 192 cm³/mol. The summed E-state index contributed by atoms with van der Waals surface area (Å²) < 4.78 is 0. The number of nitrogens with zero attached hydrogens (tertiary/aromatic N) is 3. The number of carbonyl (C=O) groups excluding carboxylic acids is 5. The van der Waals surface area contributed by atoms with Crippen molar-refractivity contribution in [1.82, 2.24) is 31.1 Å². The molecule has 0 rings (SSSR count). The number of hydrogen-bond acceptors (Lipinski definition) is 9. The molecule has 0 saturated carbocycles. The van der Waals surface area contributed by atoms with Crippen molar-refractivity contribution in [2.45, 2.75) is 155 Å². The number of nitrogens with one attached hydrogen (secondary N) is 3. The van der Waals surface area contributed by atoms with E-state index in [4.69, 9.17) is 0 Å². The Morgan fingerprint density at radius 1 is 0.440 bits per heavy atom. The van der Waals surface area contributed by atoms with E-state index in [1.165, 1.54) is 64.7 Å². The van der Waals surface area contributed by atoms with Gasteiger partial charge in [-0.1, -0.05) is 64.7 Å². The van der Waals surface area contributed by atoms with E-state index >= 15 is 0 Å². The molecule has 0 aromatic carbocycles. The molecule has 0 aliphatic carbocycles. The van der Waals surface area contributed by atoms with E-state index in [-0.39, 0.29) is 57.1 Å². The van der Waals surface area contributed by atoms with E-state index in [0.29, 0.717) is 66.8 Å². The summed E-state index contributed by atoms with van der Waals surface area (Å²) in [6.45, 7) is 6.93. The first kappa shape index (κ1) is 47.2. The third-order valence-corrected chi connectivity index (χ3v) is 8.49. The van der Waals surface area contributed by atoms with Gasteiger partial charge in [0.15, 0.2) is 0 Å². The van der Waals surface area contributed by atoms with Crippen molar-refractivity contribution in [1.29, 1.82) is 0 Å². The summed E-state index contributed by atoms with van der Waals surface area (Å²) in [5.41, 5.74) is 0. The van der Waals surface area contributed by atoms with Crippen LogP contribution in [0.1, 0.15) is 155 Å². The smallest absolute Gasteiger partial charge is 0.246 e. The minimum Gasteiger partial charge on any atom is -0.356 e. The third-order valence-electron chi connectivity index (χ3n) is 8.49. The second kappa shape index (κ2) is 33.3. The molecule has 0 saturated heterocycles. The minimum absolute atomic E-state index is 0.00521. The molecule has 0 heterocycles. The molecule has 5 amide bonds. The van der Waals surface area contributed by atoms with Crippen LogP contribution in [0, 0.1) is 0 Å². The van der Waals surface area contributed by atoms with Crippen LogP contribution in [-0.4, -0.2) is 106 Å². The van der Waals surface area contributed by atoms with Gasteiger partial charge < -0.3 is 16.0 Å². The molecule has 0 aromatic heterocycles. The molecule has 6 N–H and O–H groups in total. The van der Waals surface area contributed by atoms with Gasteiger partial charge in [0.1, 0.15) is 0 Å². The van der Waals surface area contributed by atoms with Crippen LogP contribution in [0.15, 0.2) is 0 Å². The summed E-state index contributed by atoms with van der Waals surface area (Å²) in [5.74, 6) is -1.99. The maximum Gasteiger partial charge on any atom is 0.246 e. The molecule has 0 unspecified atom stereocenters. The highest BCUT2D eigenvalue weighted by Gasteiger charge is 2.14. The molecule has 292 valence electrons. The average molecular weight is 715 g/mol. The van der Waals surface area contributed by atoms with Crippen LogP contribution in [0.4, 0.5) is 0 Å². The number of hydroxylamine groups is 6. The minimum atomic E-state index is -0.542. The molecule has 14 heteroatoms. The molecular formula is C36H70N6O8. The molecule has 0 spiro atoms. The normalized spacial score (nSPS) is 10.9. The van der Waals surface area contributed by atoms with Crippen LogP contribution >= 0.6 is 0 Å². The van der Waals surface area contributed by atoms with Gasteiger partial charge in [-0.2, -0.15) is 0 Å². The first-order valence-corrected chi connectivity index (χ1v) is 19.3. The maximum atomic E-state index is 12.1. The molecule has 50 heavy (non-hydrogen) atoms. The lowest BCUT2D eigenvalue weighted by Gasteiger charge is -2.15. The highest BCUT2D eigenvalue weighted by atomic mass is 16.5. The van der Waals surface area contributed by atoms with Gasteiger partial charge in [-0.25, -0.2) is 15.2 Å². The summed E-state index contributed by atoms with van der Waals surface area (Å²) >= 11 is 0. The van der Waals surface area contributed by atoms with Gasteiger partial charge in [-0.05, 0) is 70.9 Å². The second-order valence-corrected chi connectivity index (χ2v) is 13.1. The van der Waals surface area contributed by atoms with E-state index in [1.54, 1.807) is 0 Å². The van der Waals surface area contributed by atoms with Crippen molar-refractivity contribution in [2.24, 2.45) is 0 Å². The molecule has 0 aliphatic rings. The van der Waals surface area contributed by atoms with Gasteiger partial charge in [0.05, 0.1) is 0 Å². The molecular weight excluding hydrogens is 644 g/mol. The Morgan fingerprint density at radius 3 is 1.18 bits per heavy atom. The largest absolute Gasteiger partial charge is 0.356 e. The van der Waals surface area contributed by atoms with Crippen molar-refractivity contribution in [2.75, 3.05) is 45.8 Å². The zero-order valence-electron chi connectivity index (χ0n) is 31.2. The Hall–Kier alpha value is -2.81. The topological polar surface area (TPSA) is 192 Å². The van der Waals surface area contributed by atoms with Crippen LogP contribution in [0.25, 0.3) is 0 Å². The second-order valence-electron chi connectivity index (χ2n) is 13.1. The molecule has 14 nitrogen and oxygen atoms in total. The average Bonchev–Trinajstić information content (AvgIpc) is 3.10. The van der Waals surface area contributed by atoms with Crippen molar-refractivity contribution in [3.05, 3.63) is 0 Å². The molecule has 0 atom stereocenters. The van der Waals surface area contributed by atoms with Crippen molar-refractivity contribution < 1.29 is 39.6 Å². The summed E-state index contributed by atoms with van der Waals surface area (Å²) in [7, 11) is 0. The zero-order valence-corrected chi connectivity index (χ0v) is 31.2. The van der Waals surface area contributed by atoms with E-state index in [2.05, 4.69) is 22.9 Å². The lowest BCUT2D eigenvalue weighted by atomic mass is 10.1. The molecule has 0 fully saturated rings. The Labute approximate surface area is 300 Å². The van der Waals surface area contributed by atoms with Crippen molar-refractivity contribution in [3.63, 3.8) is 0 Å². The Kier molecular flexibility index (Phi) is 31.5. The number of rotatable bonds is 34. The monoisotopic (exact) mass is 715 g/mol. The van der Waals surface area contributed by atoms with Crippen LogP contribution in [0.2, 0.25) is 0 Å². The number of unbranched alkanes of at least 4 members (excludes halogenated alkanes) is 14. The fourth-order valence-corrected chi connectivity index (χ4v) is 5.24. The van der Waals surface area contributed by atoms with Crippen LogP contribution < -0.4 is 16.0 Å². The van der Waals surface area contributed by atoms with Gasteiger partial charge in [-0.15, -0.1) is 0 Å². The Bertz CT molecular complexity index is 910. The summed E-state index contributed by atoms with van der Waals surface area (Å²) in [6.07, 6.45) is 18.1. The van der Waals surface area contributed by atoms with Crippen LogP contribution in [0.3, 0.4) is 0 Å². The number of hydrogen-bond donors (Lipinski definition) is 6. The van der Waals surface area contributed by atoms with Crippen molar-refractivity contribution >= 4 is 29.5 Å². The Morgan fingerprint density at radius 2 is 0.780 bits per heavy atom. The fraction of sp³-hybridized carbons (Fsp3) is 0.861. The number of carbonyl (C=O) groups is 5. The van der Waals surface area contributed by atoms with Gasteiger partial charge in [-0.3, -0.25) is 39.6 Å². The first-order valence-electron chi connectivity index (χ1n) is 19.3. The van der Waals surface area contributed by atoms with Gasteiger partial charge in [0, 0.05) is 65.3 Å². The summed E-state index contributed by atoms with van der Waals surface area (Å²) in [5, 5.41) is 40.1. The van der Waals surface area contributed by atoms with Crippen molar-refractivity contribution in [3.8, 4) is 0 Å². The molecule has 0 aromatic rings. The lowest BCUT2D eigenvalue weighted by Crippen LogP contribution is -2.31. The lowest BCUT2D eigenvalue weighted by molar-refractivity contribution is -0.166. The van der Waals surface area contributed by atoms with E-state index < -0.39 is 17.7 Å². The maximum absolute atomic E-state index is 12.1. The summed E-state index contributed by atoms with van der Waals surface area (Å²) in [4.78, 5) is 59.1. The predicted octanol–water partition coefficient (Wildman–Crippen LogP) is 5.08. The fourth-order valence-electron chi connectivity index (χ4n) is 5.24. The number of amides is 5. The SMILES string of the molecule is CCCCCCCCCCCNCCCCCN(O)C(=O)CCC(=O)NCCCCCN(O)C(=O)CCC(=O)NCCCCCN(O)C(C)=O. The summed E-state index contributed by atoms with van der Waals surface area (Å²) in [6, 6.07) is 0. The standard InChI is InChI=1S/C36H70N6O8/c1-3-4-5-6-7-8-9-10-14-25-37-26-15-11-19-30-41(49)35(46)23-21-34(45)39-28-17-13-20-31-42(50)36(47)24-22-33(44)38-27-16-12-18-29-40(48)32(2)43/h37,48-50H,3-31H2,1-2H3,(H,38,44)(H,39,45). The molecule has 0 radical (unpaired) electrons. The van der Waals surface area contributed by atoms with Gasteiger partial charge in [0.25, 0.3) is 0 Å². The zero-order chi connectivity index (χ0) is 37.2. The quantitative estimate of drug-likeness (QED) is 0.0300. The van der Waals surface area contributed by atoms with E-state index in [9.17, 15) is 39.6 Å². The Balaban J connectivity index is 3.66. The van der Waals surface area contributed by atoms with Crippen LogP contribution in [-0.2, 0) is 24.0 Å². The first-order chi connectivity index (χ1) is 24.1. The van der Waals surface area contributed by atoms with E-state index in [0.717, 1.165) is 32.4 Å². The molecule has 0 aliphatic heterocycles.